The van der Waals surface area contributed by atoms with Crippen molar-refractivity contribution in [1.29, 1.82) is 0 Å². The van der Waals surface area contributed by atoms with Crippen LogP contribution in [-0.4, -0.2) is 43.5 Å². The van der Waals surface area contributed by atoms with Crippen LogP contribution in [0, 0.1) is 25.7 Å². The number of aliphatic hydroxyl groups is 3. The molecule has 0 heterocycles. The van der Waals surface area contributed by atoms with Crippen molar-refractivity contribution in [2.75, 3.05) is 0 Å². The first-order valence-corrected chi connectivity index (χ1v) is 11.4. The molecule has 3 atom stereocenters. The van der Waals surface area contributed by atoms with Crippen LogP contribution in [0.25, 0.3) is 11.1 Å². The highest BCUT2D eigenvalue weighted by molar-refractivity contribution is 6.24. The summed E-state index contributed by atoms with van der Waals surface area (Å²) < 4.78 is 0. The first-order chi connectivity index (χ1) is 16.5. The summed E-state index contributed by atoms with van der Waals surface area (Å²) >= 11 is 0. The van der Waals surface area contributed by atoms with Gasteiger partial charge in [0.15, 0.2) is 11.4 Å². The minimum absolute atomic E-state index is 0.0114. The Hall–Kier alpha value is -3.91. The molecule has 2 aromatic rings. The van der Waals surface area contributed by atoms with Crippen molar-refractivity contribution in [2.45, 2.75) is 38.7 Å². The Morgan fingerprint density at radius 3 is 2.40 bits per heavy atom. The van der Waals surface area contributed by atoms with Crippen molar-refractivity contribution < 1.29 is 34.8 Å². The van der Waals surface area contributed by atoms with Gasteiger partial charge in [0.2, 0.25) is 5.78 Å². The molecule has 3 aliphatic rings. The largest absolute Gasteiger partial charge is 0.511 e. The fraction of sp³-hybridized carbons (Fsp3) is 0.296. The molecule has 0 saturated heterocycles. The number of hydrogen-bond acceptors (Lipinski definition) is 7. The second-order valence-electron chi connectivity index (χ2n) is 9.70. The number of primary amides is 1. The molecule has 0 radical (unpaired) electrons. The smallest absolute Gasteiger partial charge is 0.255 e. The quantitative estimate of drug-likeness (QED) is 0.418. The third-order valence-corrected chi connectivity index (χ3v) is 7.76. The number of fused-ring (bicyclic) bond motifs is 3. The summed E-state index contributed by atoms with van der Waals surface area (Å²) in [6.07, 6.45) is 0.120. The molecular formula is C27H25NO7. The van der Waals surface area contributed by atoms with Crippen molar-refractivity contribution in [3.8, 4) is 16.9 Å². The second kappa shape index (κ2) is 7.55. The van der Waals surface area contributed by atoms with E-state index >= 15 is 0 Å². The number of nitrogens with two attached hydrogens (primary N) is 1. The predicted molar refractivity (Wildman–Crippen MR) is 126 cm³/mol. The van der Waals surface area contributed by atoms with Gasteiger partial charge in [-0.15, -0.1) is 0 Å². The van der Waals surface area contributed by atoms with E-state index in [0.29, 0.717) is 5.56 Å². The molecule has 8 heteroatoms. The molecule has 2 aromatic carbocycles. The number of rotatable bonds is 2. The summed E-state index contributed by atoms with van der Waals surface area (Å²) in [7, 11) is 0. The van der Waals surface area contributed by atoms with Gasteiger partial charge in [-0.05, 0) is 66.5 Å². The predicted octanol–water partition coefficient (Wildman–Crippen LogP) is 2.86. The van der Waals surface area contributed by atoms with Crippen LogP contribution in [-0.2, 0) is 16.0 Å². The first-order valence-electron chi connectivity index (χ1n) is 11.4. The number of Topliss-reactive ketones (excluding diaryl/α,β-unsaturated/α-hetero) is 2. The van der Waals surface area contributed by atoms with E-state index in [1.807, 2.05) is 32.0 Å². The maximum absolute atomic E-state index is 13.6. The van der Waals surface area contributed by atoms with Gasteiger partial charge in [-0.1, -0.05) is 24.3 Å². The molecule has 0 bridgehead atoms. The summed E-state index contributed by atoms with van der Waals surface area (Å²) in [5.74, 6) is -6.31. The monoisotopic (exact) mass is 475 g/mol. The molecule has 6 N–H and O–H groups in total. The molecular weight excluding hydrogens is 450 g/mol. The summed E-state index contributed by atoms with van der Waals surface area (Å²) in [4.78, 5) is 38.4. The lowest BCUT2D eigenvalue weighted by atomic mass is 9.60. The van der Waals surface area contributed by atoms with Gasteiger partial charge < -0.3 is 26.2 Å². The van der Waals surface area contributed by atoms with Gasteiger partial charge in [-0.25, -0.2) is 0 Å². The fourth-order valence-electron chi connectivity index (χ4n) is 5.80. The number of ketones is 2. The number of amides is 1. The molecule has 1 amide bonds. The minimum atomic E-state index is -2.56. The van der Waals surface area contributed by atoms with Crippen molar-refractivity contribution in [3.63, 3.8) is 0 Å². The number of phenolic OH excluding ortho intramolecular Hbond substituents is 1. The van der Waals surface area contributed by atoms with Crippen LogP contribution in [0.4, 0.5) is 0 Å². The van der Waals surface area contributed by atoms with Gasteiger partial charge in [0.25, 0.3) is 5.91 Å². The number of carbonyl (C=O) groups excluding carboxylic acids is 3. The van der Waals surface area contributed by atoms with Crippen molar-refractivity contribution in [3.05, 3.63) is 75.3 Å². The molecule has 0 saturated carbocycles. The number of aryl methyl sites for hydroxylation is 2. The topological polar surface area (TPSA) is 158 Å². The summed E-state index contributed by atoms with van der Waals surface area (Å²) in [6, 6.07) is 9.08. The minimum Gasteiger partial charge on any atom is -0.511 e. The van der Waals surface area contributed by atoms with E-state index < -0.39 is 52.0 Å². The zero-order valence-corrected chi connectivity index (χ0v) is 19.3. The number of hydrogen-bond donors (Lipinski definition) is 5. The zero-order valence-electron chi connectivity index (χ0n) is 19.3. The lowest BCUT2D eigenvalue weighted by Gasteiger charge is -2.45. The van der Waals surface area contributed by atoms with Crippen molar-refractivity contribution in [1.82, 2.24) is 0 Å². The van der Waals surface area contributed by atoms with E-state index in [0.717, 1.165) is 22.3 Å². The van der Waals surface area contributed by atoms with E-state index in [4.69, 9.17) is 5.73 Å². The van der Waals surface area contributed by atoms with E-state index in [2.05, 4.69) is 0 Å². The normalized spacial score (nSPS) is 25.8. The lowest BCUT2D eigenvalue weighted by molar-refractivity contribution is -0.144. The molecule has 180 valence electrons. The third-order valence-electron chi connectivity index (χ3n) is 7.76. The summed E-state index contributed by atoms with van der Waals surface area (Å²) in [5.41, 5.74) is 6.18. The Balaban J connectivity index is 1.69. The Morgan fingerprint density at radius 2 is 1.74 bits per heavy atom. The molecule has 35 heavy (non-hydrogen) atoms. The van der Waals surface area contributed by atoms with Crippen LogP contribution in [0.15, 0.2) is 53.0 Å². The highest BCUT2D eigenvalue weighted by Gasteiger charge is 2.59. The molecule has 3 aliphatic carbocycles. The SMILES string of the molecule is Cc1ccc(-c2ccc(O)c3c2C[C@H]2C[C@H]4CC(O)=C(C(N)=O)C(=O)[C@@]4(O)C(O)=C2C3=O)cc1C. The Kier molecular flexibility index (Phi) is 4.93. The molecule has 0 aromatic heterocycles. The first kappa shape index (κ1) is 22.9. The maximum atomic E-state index is 13.6. The lowest BCUT2D eigenvalue weighted by Crippen LogP contribution is -2.57. The van der Waals surface area contributed by atoms with E-state index in [9.17, 15) is 34.8 Å². The highest BCUT2D eigenvalue weighted by Crippen LogP contribution is 2.52. The number of phenols is 1. The number of aliphatic hydroxyl groups excluding tert-OH is 2. The average Bonchev–Trinajstić information content (AvgIpc) is 2.78. The highest BCUT2D eigenvalue weighted by atomic mass is 16.3. The van der Waals surface area contributed by atoms with Crippen LogP contribution in [0.1, 0.15) is 39.9 Å². The van der Waals surface area contributed by atoms with Crippen LogP contribution >= 0.6 is 0 Å². The van der Waals surface area contributed by atoms with E-state index in [-0.39, 0.29) is 36.1 Å². The maximum Gasteiger partial charge on any atom is 0.255 e. The summed E-state index contributed by atoms with van der Waals surface area (Å²) in [6.45, 7) is 3.98. The van der Waals surface area contributed by atoms with Gasteiger partial charge in [-0.3, -0.25) is 14.4 Å². The molecule has 8 nitrogen and oxygen atoms in total. The zero-order chi connectivity index (χ0) is 25.4. The van der Waals surface area contributed by atoms with Crippen LogP contribution in [0.5, 0.6) is 5.75 Å². The molecule has 5 rings (SSSR count). The standard InChI is InChI=1S/C27H25NO7/c1-11-3-4-13(7-12(11)2)16-5-6-18(29)21-17(16)9-14-8-15-10-19(30)22(26(28)34)25(33)27(15,35)24(32)20(14)23(21)31/h3-7,14-15,29-30,32,35H,8-10H2,1-2H3,(H2,28,34)/t14-,15+,27+/m1/s1. The van der Waals surface area contributed by atoms with Crippen molar-refractivity contribution in [2.24, 2.45) is 17.6 Å². The Morgan fingerprint density at radius 1 is 1.03 bits per heavy atom. The van der Waals surface area contributed by atoms with Gasteiger partial charge in [0.1, 0.15) is 22.8 Å². The fourth-order valence-corrected chi connectivity index (χ4v) is 5.80. The molecule has 0 unspecified atom stereocenters. The molecule has 0 spiro atoms. The average molecular weight is 475 g/mol. The second-order valence-corrected chi connectivity index (χ2v) is 9.70. The van der Waals surface area contributed by atoms with Gasteiger partial charge in [-0.2, -0.15) is 0 Å². The van der Waals surface area contributed by atoms with Crippen LogP contribution in [0.3, 0.4) is 0 Å². The third kappa shape index (κ3) is 3.06. The number of carbonyl (C=O) groups is 3. The summed E-state index contributed by atoms with van der Waals surface area (Å²) in [5, 5.41) is 43.3. The van der Waals surface area contributed by atoms with E-state index in [1.54, 1.807) is 6.07 Å². The van der Waals surface area contributed by atoms with Gasteiger partial charge >= 0.3 is 0 Å². The Labute approximate surface area is 201 Å². The van der Waals surface area contributed by atoms with Crippen LogP contribution < -0.4 is 5.73 Å². The molecule has 0 aliphatic heterocycles. The Bertz CT molecular complexity index is 1420. The number of aromatic hydroxyl groups is 1. The van der Waals surface area contributed by atoms with Gasteiger partial charge in [0.05, 0.1) is 5.56 Å². The number of allylic oxidation sites excluding steroid dienone is 2. The van der Waals surface area contributed by atoms with E-state index in [1.165, 1.54) is 6.07 Å². The van der Waals surface area contributed by atoms with Gasteiger partial charge in [0, 0.05) is 17.9 Å². The van der Waals surface area contributed by atoms with Crippen molar-refractivity contribution >= 4 is 17.5 Å². The molecule has 0 fully saturated rings. The number of benzene rings is 2. The van der Waals surface area contributed by atoms with Crippen LogP contribution in [0.2, 0.25) is 0 Å².